The summed E-state index contributed by atoms with van der Waals surface area (Å²) in [4.78, 5) is 4.69. The second-order valence-corrected chi connectivity index (χ2v) is 25.4. The Balaban J connectivity index is 1.23. The number of H-pyrrole nitrogens is 1. The fourth-order valence-corrected chi connectivity index (χ4v) is 11.9. The molecule has 2 heterocycles. The second-order valence-electron chi connectivity index (χ2n) is 19.3. The van der Waals surface area contributed by atoms with Crippen LogP contribution in [0.15, 0.2) is 60.7 Å². The van der Waals surface area contributed by atoms with Gasteiger partial charge in [-0.25, -0.2) is 21.8 Å². The van der Waals surface area contributed by atoms with Crippen LogP contribution < -0.4 is 27.3 Å². The number of aromatic amines is 1. The number of hydrogen-bond donors (Lipinski definition) is 5. The Bertz CT molecular complexity index is 2600. The van der Waals surface area contributed by atoms with Gasteiger partial charge in [0, 0.05) is 34.9 Å². The van der Waals surface area contributed by atoms with E-state index in [0.717, 1.165) is 57.1 Å². The van der Waals surface area contributed by atoms with Gasteiger partial charge in [0.2, 0.25) is 20.0 Å². The molecule has 2 aromatic heterocycles. The highest BCUT2D eigenvalue weighted by Gasteiger charge is 2.21. The smallest absolute Gasteiger partial charge is 0.316 e. The molecule has 16 nitrogen and oxygen atoms in total. The van der Waals surface area contributed by atoms with E-state index in [1.807, 2.05) is 6.07 Å². The molecule has 72 heavy (non-hydrogen) atoms. The number of halogens is 2. The van der Waals surface area contributed by atoms with Gasteiger partial charge in [-0.3, -0.25) is 24.0 Å². The van der Waals surface area contributed by atoms with Gasteiger partial charge in [-0.15, -0.1) is 5.10 Å². The Morgan fingerprint density at radius 1 is 0.569 bits per heavy atom. The third-order valence-electron chi connectivity index (χ3n) is 11.8. The number of unbranched alkanes of at least 4 members (excludes halogenated alkanes) is 18. The fourth-order valence-electron chi connectivity index (χ4n) is 7.84. The Kier molecular flexibility index (Phi) is 23.8. The molecule has 2 unspecified atom stereocenters. The lowest BCUT2D eigenvalue weighted by Gasteiger charge is -2.15. The average Bonchev–Trinajstić information content (AvgIpc) is 3.91. The van der Waals surface area contributed by atoms with Crippen LogP contribution in [0.5, 0.6) is 11.5 Å². The first-order valence-corrected chi connectivity index (χ1v) is 31.5. The van der Waals surface area contributed by atoms with E-state index in [1.165, 1.54) is 111 Å². The third kappa shape index (κ3) is 20.7. The van der Waals surface area contributed by atoms with Gasteiger partial charge in [0.05, 0.1) is 44.3 Å². The van der Waals surface area contributed by atoms with E-state index in [0.29, 0.717) is 24.1 Å². The Labute approximate surface area is 443 Å². The molecule has 5 N–H and O–H groups in total. The van der Waals surface area contributed by atoms with Crippen LogP contribution in [0.4, 0.5) is 22.7 Å². The lowest BCUT2D eigenvalue weighted by molar-refractivity contribution is 0.557. The normalized spacial score (nSPS) is 13.0. The van der Waals surface area contributed by atoms with Crippen LogP contribution in [0.3, 0.4) is 0 Å². The van der Waals surface area contributed by atoms with Gasteiger partial charge in [-0.2, -0.15) is 13.0 Å². The molecule has 0 radical (unpaired) electrons. The molecule has 0 amide bonds. The van der Waals surface area contributed by atoms with Gasteiger partial charge < -0.3 is 8.37 Å². The van der Waals surface area contributed by atoms with Crippen molar-refractivity contribution in [2.24, 2.45) is 0 Å². The summed E-state index contributed by atoms with van der Waals surface area (Å²) in [6.07, 6.45) is 21.6. The summed E-state index contributed by atoms with van der Waals surface area (Å²) in [5, 5.41) is 8.03. The molecule has 0 saturated carbocycles. The molecule has 22 heteroatoms. The zero-order valence-corrected chi connectivity index (χ0v) is 47.1. The number of aromatic nitrogens is 4. The van der Waals surface area contributed by atoms with Crippen LogP contribution in [0, 0.1) is 0 Å². The average molecular weight is 1110 g/mol. The summed E-state index contributed by atoms with van der Waals surface area (Å²) in [7, 11) is -7.37. The van der Waals surface area contributed by atoms with Gasteiger partial charge >= 0.3 is 22.5 Å². The van der Waals surface area contributed by atoms with E-state index in [1.54, 1.807) is 12.1 Å². The number of fused-ring (bicyclic) bond motifs is 1. The van der Waals surface area contributed by atoms with E-state index in [-0.39, 0.29) is 67.0 Å². The molecule has 0 aliphatic heterocycles. The van der Waals surface area contributed by atoms with Crippen molar-refractivity contribution >= 4 is 94.2 Å². The largest absolute Gasteiger partial charge is 0.383 e. The van der Waals surface area contributed by atoms with E-state index < -0.39 is 42.6 Å². The van der Waals surface area contributed by atoms with Crippen LogP contribution in [0.2, 0.25) is 10.0 Å². The molecule has 3 aromatic carbocycles. The van der Waals surface area contributed by atoms with E-state index in [9.17, 15) is 25.3 Å². The minimum Gasteiger partial charge on any atom is -0.383 e. The standard InChI is InChI=1S/C50H74Cl2N8O8S4/c1-6-8-10-12-14-16-18-20-22-24-30-71(63,64)58-39-26-28-43(51)45(35-39)67-69(61)56-41-32-38(49-53-48-37-47(50(3,4)5)54-60(48)55-49)33-42(34-41)57-70(62)68-46-36-40(27-29-44(46)52)59-72(65,66)31-25-23-21-19-17-15-13-11-9-7-2/h26-29,32-37,54,56-59H,6-25,30-31H2,1-5H3. The highest BCUT2D eigenvalue weighted by molar-refractivity contribution is 7.93. The number of benzene rings is 3. The highest BCUT2D eigenvalue weighted by Crippen LogP contribution is 2.33. The zero-order chi connectivity index (χ0) is 52.2. The summed E-state index contributed by atoms with van der Waals surface area (Å²) in [6, 6.07) is 15.2. The number of rotatable bonds is 35. The van der Waals surface area contributed by atoms with Crippen LogP contribution in [-0.4, -0.2) is 56.6 Å². The minimum absolute atomic E-state index is 0.0441. The van der Waals surface area contributed by atoms with Gasteiger partial charge in [0.15, 0.2) is 23.0 Å². The van der Waals surface area contributed by atoms with Crippen molar-refractivity contribution in [3.63, 3.8) is 0 Å². The van der Waals surface area contributed by atoms with Crippen molar-refractivity contribution in [3.8, 4) is 22.9 Å². The number of nitrogens with one attached hydrogen (secondary N) is 5. The van der Waals surface area contributed by atoms with E-state index in [2.05, 4.69) is 63.7 Å². The molecule has 2 atom stereocenters. The Morgan fingerprint density at radius 3 is 1.36 bits per heavy atom. The molecule has 0 fully saturated rings. The van der Waals surface area contributed by atoms with Crippen molar-refractivity contribution in [1.82, 2.24) is 19.8 Å². The molecule has 0 aliphatic rings. The third-order valence-corrected chi connectivity index (χ3v) is 16.6. The quantitative estimate of drug-likeness (QED) is 0.0242. The molecule has 0 aliphatic carbocycles. The summed E-state index contributed by atoms with van der Waals surface area (Å²) in [5.74, 6) is 0.0826. The van der Waals surface area contributed by atoms with Crippen molar-refractivity contribution < 1.29 is 33.6 Å². The highest BCUT2D eigenvalue weighted by atomic mass is 35.5. The van der Waals surface area contributed by atoms with Crippen molar-refractivity contribution in [3.05, 3.63) is 76.4 Å². The topological polar surface area (TPSA) is 215 Å². The first kappa shape index (κ1) is 58.8. The van der Waals surface area contributed by atoms with Crippen molar-refractivity contribution in [2.75, 3.05) is 30.4 Å². The summed E-state index contributed by atoms with van der Waals surface area (Å²) >= 11 is 8.26. The molecule has 5 rings (SSSR count). The maximum atomic E-state index is 13.6. The van der Waals surface area contributed by atoms with Crippen molar-refractivity contribution in [1.29, 1.82) is 0 Å². The number of nitrogens with zero attached hydrogens (tertiary/aromatic N) is 3. The fraction of sp³-hybridized carbons (Fsp3) is 0.560. The van der Waals surface area contributed by atoms with Crippen LogP contribution >= 0.6 is 23.2 Å². The maximum absolute atomic E-state index is 13.6. The summed E-state index contributed by atoms with van der Waals surface area (Å²) in [5.41, 5.74) is 2.48. The van der Waals surface area contributed by atoms with Crippen LogP contribution in [0.25, 0.3) is 17.0 Å². The number of hydrogen-bond acceptors (Lipinski definition) is 10. The van der Waals surface area contributed by atoms with Gasteiger partial charge in [-0.1, -0.05) is 173 Å². The summed E-state index contributed by atoms with van der Waals surface area (Å²) < 4.78 is 103. The zero-order valence-electron chi connectivity index (χ0n) is 42.3. The summed E-state index contributed by atoms with van der Waals surface area (Å²) in [6.45, 7) is 10.6. The van der Waals surface area contributed by atoms with Gasteiger partial charge in [-0.05, 0) is 55.3 Å². The number of sulfonamides is 2. The first-order chi connectivity index (χ1) is 34.3. The Morgan fingerprint density at radius 2 is 0.972 bits per heavy atom. The predicted octanol–water partition coefficient (Wildman–Crippen LogP) is 13.8. The molecular weight excluding hydrogens is 1040 g/mol. The molecule has 0 bridgehead atoms. The monoisotopic (exact) mass is 1110 g/mol. The second kappa shape index (κ2) is 29.1. The lowest BCUT2D eigenvalue weighted by atomic mass is 9.93. The molecule has 0 spiro atoms. The van der Waals surface area contributed by atoms with Gasteiger partial charge in [0.25, 0.3) is 0 Å². The molecule has 0 saturated heterocycles. The number of anilines is 4. The first-order valence-electron chi connectivity index (χ1n) is 25.3. The van der Waals surface area contributed by atoms with Crippen molar-refractivity contribution in [2.45, 2.75) is 168 Å². The Hall–Kier alpha value is -4.08. The minimum atomic E-state index is -3.68. The maximum Gasteiger partial charge on any atom is 0.316 e. The lowest BCUT2D eigenvalue weighted by Crippen LogP contribution is -2.17. The molecule has 5 aromatic rings. The molecular formula is C50H74Cl2N8O8S4. The SMILES string of the molecule is CCCCCCCCCCCCS(=O)(=O)Nc1ccc(Cl)c(OS(=O)Nc2cc(NS(=O)Oc3cc(NS(=O)(=O)CCCCCCCCCCCC)ccc3Cl)cc(-c3nc4cc(C(C)(C)C)[nH]n4n3)c2)c1. The van der Waals surface area contributed by atoms with E-state index in [4.69, 9.17) is 36.6 Å². The predicted molar refractivity (Wildman–Crippen MR) is 298 cm³/mol. The molecule has 400 valence electrons. The van der Waals surface area contributed by atoms with E-state index >= 15 is 0 Å². The van der Waals surface area contributed by atoms with Crippen LogP contribution in [-0.2, 0) is 48.0 Å². The van der Waals surface area contributed by atoms with Crippen LogP contribution in [0.1, 0.15) is 169 Å². The van der Waals surface area contributed by atoms with Gasteiger partial charge in [0.1, 0.15) is 0 Å².